The predicted molar refractivity (Wildman–Crippen MR) is 91.1 cm³/mol. The van der Waals surface area contributed by atoms with E-state index in [-0.39, 0.29) is 6.61 Å². The Labute approximate surface area is 140 Å². The highest BCUT2D eigenvalue weighted by Crippen LogP contribution is 2.29. The molecule has 0 spiro atoms. The first-order valence-corrected chi connectivity index (χ1v) is 11.5. The topological polar surface area (TPSA) is 113 Å². The fourth-order valence-corrected chi connectivity index (χ4v) is 4.00. The Morgan fingerprint density at radius 1 is 0.826 bits per heavy atom. The van der Waals surface area contributed by atoms with Crippen molar-refractivity contribution in [3.05, 3.63) is 0 Å². The Bertz CT molecular complexity index is 423. The van der Waals surface area contributed by atoms with Crippen LogP contribution in [-0.4, -0.2) is 24.8 Å². The molecule has 9 heteroatoms. The van der Waals surface area contributed by atoms with Crippen LogP contribution in [0.3, 0.4) is 0 Å². The van der Waals surface area contributed by atoms with Crippen LogP contribution in [0.1, 0.15) is 84.0 Å². The highest BCUT2D eigenvalue weighted by Gasteiger charge is 2.23. The number of unbranched alkanes of at least 4 members (excludes halogenated alkanes) is 11. The van der Waals surface area contributed by atoms with Crippen LogP contribution in [0.15, 0.2) is 0 Å². The summed E-state index contributed by atoms with van der Waals surface area (Å²) in [4.78, 5) is 17.0. The van der Waals surface area contributed by atoms with Crippen molar-refractivity contribution in [2.45, 2.75) is 84.0 Å². The molecule has 0 aromatic carbocycles. The van der Waals surface area contributed by atoms with Gasteiger partial charge >= 0.3 is 18.1 Å². The van der Waals surface area contributed by atoms with Gasteiger partial charge in [-0.2, -0.15) is 8.42 Å². The number of rotatable bonds is 16. The van der Waals surface area contributed by atoms with Gasteiger partial charge in [0.1, 0.15) is 0 Å². The van der Waals surface area contributed by atoms with Gasteiger partial charge in [0.05, 0.1) is 6.61 Å². The molecule has 3 N–H and O–H groups in total. The van der Waals surface area contributed by atoms with Gasteiger partial charge in [0.25, 0.3) is 0 Å². The van der Waals surface area contributed by atoms with Crippen molar-refractivity contribution in [3.63, 3.8) is 0 Å². The standard InChI is InChI=1S/C14H32NO6PS/c1-2-3-4-5-6-7-8-9-10-11-12-13-14-21-23(19,20)15-22(16,17)18/h2-14H2,1H3,(H3,15,16,17,18). The minimum Gasteiger partial charge on any atom is -0.312 e. The molecule has 0 unspecified atom stereocenters. The molecular weight excluding hydrogens is 341 g/mol. The maximum Gasteiger partial charge on any atom is 0.415 e. The van der Waals surface area contributed by atoms with Gasteiger partial charge in [-0.15, -0.1) is 0 Å². The van der Waals surface area contributed by atoms with Gasteiger partial charge in [0, 0.05) is 0 Å². The molecule has 140 valence electrons. The van der Waals surface area contributed by atoms with Crippen LogP contribution in [-0.2, 0) is 19.1 Å². The lowest BCUT2D eigenvalue weighted by Gasteiger charge is -2.07. The van der Waals surface area contributed by atoms with Gasteiger partial charge in [-0.25, -0.2) is 4.57 Å². The first kappa shape index (κ1) is 23.0. The number of hydrogen-bond donors (Lipinski definition) is 3. The molecule has 0 amide bonds. The van der Waals surface area contributed by atoms with Crippen LogP contribution in [0.4, 0.5) is 0 Å². The third-order valence-electron chi connectivity index (χ3n) is 3.47. The van der Waals surface area contributed by atoms with Crippen molar-refractivity contribution in [1.82, 2.24) is 4.49 Å². The smallest absolute Gasteiger partial charge is 0.312 e. The molecule has 0 aliphatic carbocycles. The summed E-state index contributed by atoms with van der Waals surface area (Å²) in [6.45, 7) is 2.15. The van der Waals surface area contributed by atoms with Crippen molar-refractivity contribution in [2.75, 3.05) is 6.61 Å². The van der Waals surface area contributed by atoms with Gasteiger partial charge in [0.15, 0.2) is 0 Å². The second kappa shape index (κ2) is 13.3. The molecule has 7 nitrogen and oxygen atoms in total. The van der Waals surface area contributed by atoms with Crippen LogP contribution in [0.2, 0.25) is 0 Å². The molecule has 0 saturated carbocycles. The summed E-state index contributed by atoms with van der Waals surface area (Å²) in [6.07, 6.45) is 13.9. The lowest BCUT2D eigenvalue weighted by molar-refractivity contribution is 0.298. The number of hydrogen-bond acceptors (Lipinski definition) is 4. The zero-order chi connectivity index (χ0) is 17.6. The molecule has 0 saturated heterocycles. The monoisotopic (exact) mass is 373 g/mol. The lowest BCUT2D eigenvalue weighted by Crippen LogP contribution is -2.23. The Balaban J connectivity index is 3.35. The van der Waals surface area contributed by atoms with E-state index in [4.69, 9.17) is 9.79 Å². The summed E-state index contributed by atoms with van der Waals surface area (Å²) < 4.78 is 38.4. The molecule has 0 atom stereocenters. The van der Waals surface area contributed by atoms with E-state index in [2.05, 4.69) is 11.1 Å². The molecule has 0 heterocycles. The molecule has 0 bridgehead atoms. The second-order valence-corrected chi connectivity index (χ2v) is 8.76. The molecule has 0 radical (unpaired) electrons. The van der Waals surface area contributed by atoms with E-state index in [9.17, 15) is 13.0 Å². The minimum atomic E-state index is -4.84. The summed E-state index contributed by atoms with van der Waals surface area (Å²) in [5, 5.41) is 0. The molecule has 0 aliphatic rings. The zero-order valence-electron chi connectivity index (χ0n) is 14.1. The molecule has 0 aromatic heterocycles. The lowest BCUT2D eigenvalue weighted by atomic mass is 10.1. The van der Waals surface area contributed by atoms with Crippen LogP contribution >= 0.6 is 7.75 Å². The molecule has 0 aromatic rings. The van der Waals surface area contributed by atoms with Gasteiger partial charge in [-0.3, -0.25) is 4.18 Å². The fraction of sp³-hybridized carbons (Fsp3) is 1.00. The first-order valence-electron chi connectivity index (χ1n) is 8.51. The Hall–Kier alpha value is 0.0200. The Kier molecular flexibility index (Phi) is 13.3. The average Bonchev–Trinajstić information content (AvgIpc) is 2.41. The molecule has 0 rings (SSSR count). The van der Waals surface area contributed by atoms with Crippen molar-refractivity contribution < 1.29 is 27.0 Å². The average molecular weight is 373 g/mol. The van der Waals surface area contributed by atoms with Crippen LogP contribution in [0.25, 0.3) is 0 Å². The fourth-order valence-electron chi connectivity index (χ4n) is 2.28. The van der Waals surface area contributed by atoms with E-state index in [0.29, 0.717) is 6.42 Å². The third kappa shape index (κ3) is 18.2. The van der Waals surface area contributed by atoms with Crippen molar-refractivity contribution >= 4 is 18.1 Å². The SMILES string of the molecule is CCCCCCCCCCCCCCOS(=O)(=O)NP(=O)(O)O. The third-order valence-corrected chi connectivity index (χ3v) is 5.79. The summed E-state index contributed by atoms with van der Waals surface area (Å²) in [5.74, 6) is 0. The highest BCUT2D eigenvalue weighted by molar-refractivity contribution is 7.90. The van der Waals surface area contributed by atoms with Crippen LogP contribution < -0.4 is 4.49 Å². The predicted octanol–water partition coefficient (Wildman–Crippen LogP) is 3.63. The van der Waals surface area contributed by atoms with Gasteiger partial charge < -0.3 is 9.79 Å². The van der Waals surface area contributed by atoms with E-state index >= 15 is 0 Å². The van der Waals surface area contributed by atoms with Gasteiger partial charge in [-0.1, -0.05) is 82.0 Å². The largest absolute Gasteiger partial charge is 0.415 e. The van der Waals surface area contributed by atoms with E-state index in [1.165, 1.54) is 51.4 Å². The summed E-state index contributed by atoms with van der Waals surface area (Å²) in [5.41, 5.74) is 0. The Morgan fingerprint density at radius 3 is 1.61 bits per heavy atom. The van der Waals surface area contributed by atoms with E-state index < -0.39 is 18.1 Å². The minimum absolute atomic E-state index is 0.0627. The first-order chi connectivity index (χ1) is 10.8. The maximum atomic E-state index is 11.1. The summed E-state index contributed by atoms with van der Waals surface area (Å²) >= 11 is 0. The van der Waals surface area contributed by atoms with Crippen molar-refractivity contribution in [2.24, 2.45) is 0 Å². The quantitative estimate of drug-likeness (QED) is 0.281. The van der Waals surface area contributed by atoms with Gasteiger partial charge in [-0.05, 0) is 6.42 Å². The molecule has 0 aliphatic heterocycles. The second-order valence-electron chi connectivity index (χ2n) is 5.80. The maximum absolute atomic E-state index is 11.1. The number of nitrogens with one attached hydrogen (secondary N) is 1. The van der Waals surface area contributed by atoms with E-state index in [1.54, 1.807) is 0 Å². The van der Waals surface area contributed by atoms with Crippen molar-refractivity contribution in [3.8, 4) is 0 Å². The molecule has 23 heavy (non-hydrogen) atoms. The van der Waals surface area contributed by atoms with Crippen LogP contribution in [0.5, 0.6) is 0 Å². The highest BCUT2D eigenvalue weighted by atomic mass is 32.2. The molecular formula is C14H32NO6PS. The zero-order valence-corrected chi connectivity index (χ0v) is 15.8. The summed E-state index contributed by atoms with van der Waals surface area (Å²) in [7, 11) is -9.20. The van der Waals surface area contributed by atoms with Crippen molar-refractivity contribution in [1.29, 1.82) is 0 Å². The van der Waals surface area contributed by atoms with Gasteiger partial charge in [0.2, 0.25) is 0 Å². The van der Waals surface area contributed by atoms with Crippen LogP contribution in [0, 0.1) is 0 Å². The Morgan fingerprint density at radius 2 is 1.22 bits per heavy atom. The normalized spacial score (nSPS) is 12.7. The molecule has 0 fully saturated rings. The van der Waals surface area contributed by atoms with E-state index in [0.717, 1.165) is 23.8 Å². The summed E-state index contributed by atoms with van der Waals surface area (Å²) in [6, 6.07) is 0. The van der Waals surface area contributed by atoms with E-state index in [1.807, 2.05) is 0 Å².